The number of hydrogen-bond acceptors (Lipinski definition) is 5. The van der Waals surface area contributed by atoms with Crippen molar-refractivity contribution in [1.29, 1.82) is 0 Å². The average Bonchev–Trinajstić information content (AvgIpc) is 2.93. The maximum atomic E-state index is 13.8. The maximum Gasteiger partial charge on any atom is 0.264 e. The van der Waals surface area contributed by atoms with Crippen LogP contribution in [-0.4, -0.2) is 51.4 Å². The van der Waals surface area contributed by atoms with Crippen molar-refractivity contribution in [2.45, 2.75) is 37.8 Å². The van der Waals surface area contributed by atoms with Crippen molar-refractivity contribution in [2.24, 2.45) is 0 Å². The summed E-state index contributed by atoms with van der Waals surface area (Å²) in [4.78, 5) is 28.2. The molecule has 3 aromatic rings. The molecular weight excluding hydrogens is 570 g/mol. The van der Waals surface area contributed by atoms with E-state index in [1.165, 1.54) is 24.1 Å². The number of halogens is 1. The van der Waals surface area contributed by atoms with Crippen LogP contribution in [0.2, 0.25) is 0 Å². The van der Waals surface area contributed by atoms with Crippen LogP contribution < -0.4 is 14.4 Å². The molecule has 10 heteroatoms. The van der Waals surface area contributed by atoms with E-state index in [4.69, 9.17) is 4.74 Å². The largest absolute Gasteiger partial charge is 0.497 e. The fourth-order valence-corrected chi connectivity index (χ4v) is 5.69. The number of ether oxygens (including phenoxy) is 1. The van der Waals surface area contributed by atoms with Gasteiger partial charge in [0, 0.05) is 17.6 Å². The Hall–Kier alpha value is -3.37. The highest BCUT2D eigenvalue weighted by atomic mass is 79.9. The van der Waals surface area contributed by atoms with E-state index in [0.29, 0.717) is 18.0 Å². The third kappa shape index (κ3) is 7.35. The van der Waals surface area contributed by atoms with Crippen molar-refractivity contribution in [3.05, 3.63) is 88.9 Å². The molecule has 8 nitrogen and oxygen atoms in total. The van der Waals surface area contributed by atoms with Gasteiger partial charge in [-0.3, -0.25) is 13.9 Å². The van der Waals surface area contributed by atoms with E-state index < -0.39 is 28.5 Å². The number of nitrogens with one attached hydrogen (secondary N) is 1. The molecule has 2 amide bonds. The fourth-order valence-electron chi connectivity index (χ4n) is 3.81. The van der Waals surface area contributed by atoms with Crippen LogP contribution in [0.15, 0.2) is 88.2 Å². The van der Waals surface area contributed by atoms with Gasteiger partial charge in [-0.1, -0.05) is 53.2 Å². The SMILES string of the molecule is CCCNC(=O)[C@H](C)N(Cc1cccc(Br)c1)C(=O)CN(c1ccc(OC)cc1)S(=O)(=O)c1ccccc1. The summed E-state index contributed by atoms with van der Waals surface area (Å²) in [6.07, 6.45) is 0.749. The number of benzene rings is 3. The first kappa shape index (κ1) is 29.2. The first-order chi connectivity index (χ1) is 18.2. The van der Waals surface area contributed by atoms with Crippen molar-refractivity contribution >= 4 is 43.5 Å². The molecule has 0 bridgehead atoms. The number of anilines is 1. The van der Waals surface area contributed by atoms with E-state index in [1.807, 2.05) is 31.2 Å². The maximum absolute atomic E-state index is 13.8. The van der Waals surface area contributed by atoms with Gasteiger partial charge in [0.25, 0.3) is 10.0 Å². The Kier molecular flexibility index (Phi) is 10.3. The van der Waals surface area contributed by atoms with Crippen molar-refractivity contribution < 1.29 is 22.7 Å². The van der Waals surface area contributed by atoms with Gasteiger partial charge in [0.2, 0.25) is 11.8 Å². The molecule has 0 unspecified atom stereocenters. The fraction of sp³-hybridized carbons (Fsp3) is 0.286. The summed E-state index contributed by atoms with van der Waals surface area (Å²) in [5.41, 5.74) is 1.10. The molecule has 1 N–H and O–H groups in total. The van der Waals surface area contributed by atoms with Crippen LogP contribution in [0.1, 0.15) is 25.8 Å². The van der Waals surface area contributed by atoms with Gasteiger partial charge in [-0.15, -0.1) is 0 Å². The lowest BCUT2D eigenvalue weighted by molar-refractivity contribution is -0.139. The van der Waals surface area contributed by atoms with E-state index in [-0.39, 0.29) is 17.3 Å². The third-order valence-corrected chi connectivity index (χ3v) is 8.21. The van der Waals surface area contributed by atoms with Gasteiger partial charge in [-0.2, -0.15) is 0 Å². The summed E-state index contributed by atoms with van der Waals surface area (Å²) >= 11 is 3.44. The van der Waals surface area contributed by atoms with Crippen molar-refractivity contribution in [3.8, 4) is 5.75 Å². The van der Waals surface area contributed by atoms with Gasteiger partial charge >= 0.3 is 0 Å². The van der Waals surface area contributed by atoms with Gasteiger partial charge in [-0.25, -0.2) is 8.42 Å². The van der Waals surface area contributed by atoms with Gasteiger partial charge in [0.05, 0.1) is 17.7 Å². The molecule has 0 saturated carbocycles. The smallest absolute Gasteiger partial charge is 0.264 e. The van der Waals surface area contributed by atoms with Crippen LogP contribution in [0.5, 0.6) is 5.75 Å². The Balaban J connectivity index is 2.01. The molecular formula is C28H32BrN3O5S. The lowest BCUT2D eigenvalue weighted by Gasteiger charge is -2.32. The van der Waals surface area contributed by atoms with E-state index in [0.717, 1.165) is 20.8 Å². The Labute approximate surface area is 232 Å². The molecule has 3 aromatic carbocycles. The van der Waals surface area contributed by atoms with E-state index >= 15 is 0 Å². The molecule has 0 fully saturated rings. The molecule has 0 aliphatic carbocycles. The van der Waals surface area contributed by atoms with E-state index in [9.17, 15) is 18.0 Å². The standard InChI is InChI=1S/C28H32BrN3O5S/c1-4-17-30-28(34)21(2)31(19-22-9-8-10-23(29)18-22)27(33)20-32(24-13-15-25(37-3)16-14-24)38(35,36)26-11-6-5-7-12-26/h5-16,18,21H,4,17,19-20H2,1-3H3,(H,30,34)/t21-/m0/s1. The van der Waals surface area contributed by atoms with Crippen LogP contribution in [0.25, 0.3) is 0 Å². The second kappa shape index (κ2) is 13.4. The van der Waals surface area contributed by atoms with Gasteiger partial charge in [-0.05, 0) is 67.4 Å². The van der Waals surface area contributed by atoms with Gasteiger partial charge < -0.3 is 15.0 Å². The van der Waals surface area contributed by atoms with Crippen molar-refractivity contribution in [3.63, 3.8) is 0 Å². The number of amides is 2. The number of carbonyl (C=O) groups is 2. The van der Waals surface area contributed by atoms with E-state index in [1.54, 1.807) is 49.4 Å². The quantitative estimate of drug-likeness (QED) is 0.327. The van der Waals surface area contributed by atoms with Crippen LogP contribution in [0.3, 0.4) is 0 Å². The van der Waals surface area contributed by atoms with Crippen molar-refractivity contribution in [2.75, 3.05) is 24.5 Å². The van der Waals surface area contributed by atoms with Crippen molar-refractivity contribution in [1.82, 2.24) is 10.2 Å². The second-order valence-electron chi connectivity index (χ2n) is 8.64. The number of hydrogen-bond donors (Lipinski definition) is 1. The van der Waals surface area contributed by atoms with Gasteiger partial charge in [0.1, 0.15) is 18.3 Å². The normalized spacial score (nSPS) is 11.9. The first-order valence-electron chi connectivity index (χ1n) is 12.2. The molecule has 1 atom stereocenters. The monoisotopic (exact) mass is 601 g/mol. The Morgan fingerprint density at radius 2 is 1.68 bits per heavy atom. The highest BCUT2D eigenvalue weighted by Crippen LogP contribution is 2.26. The molecule has 0 heterocycles. The van der Waals surface area contributed by atoms with E-state index in [2.05, 4.69) is 21.2 Å². The number of methoxy groups -OCH3 is 1. The minimum Gasteiger partial charge on any atom is -0.497 e. The van der Waals surface area contributed by atoms with Crippen LogP contribution >= 0.6 is 15.9 Å². The molecule has 202 valence electrons. The predicted molar refractivity (Wildman–Crippen MR) is 151 cm³/mol. The minimum atomic E-state index is -4.11. The molecule has 0 radical (unpaired) electrons. The summed E-state index contributed by atoms with van der Waals surface area (Å²) in [5, 5.41) is 2.83. The summed E-state index contributed by atoms with van der Waals surface area (Å²) < 4.78 is 34.6. The van der Waals surface area contributed by atoms with Gasteiger partial charge in [0.15, 0.2) is 0 Å². The highest BCUT2D eigenvalue weighted by molar-refractivity contribution is 9.10. The Bertz CT molecular complexity index is 1330. The summed E-state index contributed by atoms with van der Waals surface area (Å²) in [6, 6.07) is 21.0. The Morgan fingerprint density at radius 3 is 2.29 bits per heavy atom. The molecule has 3 rings (SSSR count). The molecule has 0 aliphatic rings. The average molecular weight is 603 g/mol. The molecule has 38 heavy (non-hydrogen) atoms. The molecule has 0 aliphatic heterocycles. The lowest BCUT2D eigenvalue weighted by atomic mass is 10.1. The number of sulfonamides is 1. The molecule has 0 saturated heterocycles. The topological polar surface area (TPSA) is 96.0 Å². The van der Waals surface area contributed by atoms with Crippen LogP contribution in [0.4, 0.5) is 5.69 Å². The first-order valence-corrected chi connectivity index (χ1v) is 14.4. The molecule has 0 aromatic heterocycles. The second-order valence-corrected chi connectivity index (χ2v) is 11.4. The molecule has 0 spiro atoms. The summed E-state index contributed by atoms with van der Waals surface area (Å²) in [5.74, 6) is -0.272. The predicted octanol–water partition coefficient (Wildman–Crippen LogP) is 4.60. The lowest BCUT2D eigenvalue weighted by Crippen LogP contribution is -2.51. The third-order valence-electron chi connectivity index (χ3n) is 5.93. The zero-order valence-corrected chi connectivity index (χ0v) is 24.0. The summed E-state index contributed by atoms with van der Waals surface area (Å²) in [7, 11) is -2.59. The highest BCUT2D eigenvalue weighted by Gasteiger charge is 2.32. The van der Waals surface area contributed by atoms with Crippen LogP contribution in [0, 0.1) is 0 Å². The zero-order chi connectivity index (χ0) is 27.7. The number of nitrogens with zero attached hydrogens (tertiary/aromatic N) is 2. The minimum absolute atomic E-state index is 0.0518. The Morgan fingerprint density at radius 1 is 1.00 bits per heavy atom. The zero-order valence-electron chi connectivity index (χ0n) is 21.6. The number of carbonyl (C=O) groups excluding carboxylic acids is 2. The number of rotatable bonds is 12. The summed E-state index contributed by atoms with van der Waals surface area (Å²) in [6.45, 7) is 3.69. The van der Waals surface area contributed by atoms with Crippen LogP contribution in [-0.2, 0) is 26.2 Å².